The van der Waals surface area contributed by atoms with Crippen molar-refractivity contribution in [2.45, 2.75) is 25.4 Å². The molecular formula is C14H17BrN2O. The second-order valence-corrected chi connectivity index (χ2v) is 5.65. The van der Waals surface area contributed by atoms with Crippen LogP contribution in [0.15, 0.2) is 41.0 Å². The molecule has 1 N–H and O–H groups in total. The van der Waals surface area contributed by atoms with Crippen LogP contribution in [0.1, 0.15) is 24.6 Å². The van der Waals surface area contributed by atoms with E-state index in [4.69, 9.17) is 0 Å². The molecule has 1 atom stereocenters. The summed E-state index contributed by atoms with van der Waals surface area (Å²) in [7, 11) is 1.92. The van der Waals surface area contributed by atoms with Crippen molar-refractivity contribution in [3.05, 3.63) is 52.3 Å². The Morgan fingerprint density at radius 2 is 2.17 bits per heavy atom. The van der Waals surface area contributed by atoms with E-state index >= 15 is 0 Å². The first kappa shape index (κ1) is 13.3. The highest BCUT2D eigenvalue weighted by Crippen LogP contribution is 2.28. The summed E-state index contributed by atoms with van der Waals surface area (Å²) in [5.41, 5.74) is 1.23. The lowest BCUT2D eigenvalue weighted by Gasteiger charge is -2.24. The van der Waals surface area contributed by atoms with Gasteiger partial charge in [0.05, 0.1) is 5.60 Å². The molecule has 2 aromatic rings. The molecule has 0 saturated carbocycles. The fourth-order valence-corrected chi connectivity index (χ4v) is 2.39. The van der Waals surface area contributed by atoms with Crippen LogP contribution in [0.25, 0.3) is 0 Å². The van der Waals surface area contributed by atoms with Crippen molar-refractivity contribution in [1.82, 2.24) is 9.78 Å². The molecule has 4 heteroatoms. The van der Waals surface area contributed by atoms with Crippen molar-refractivity contribution < 1.29 is 5.11 Å². The number of hydrogen-bond acceptors (Lipinski definition) is 2. The van der Waals surface area contributed by atoms with E-state index in [1.807, 2.05) is 49.0 Å². The molecule has 1 heterocycles. The number of aromatic nitrogens is 2. The summed E-state index contributed by atoms with van der Waals surface area (Å²) in [5.74, 6) is 0. The molecule has 2 rings (SSSR count). The van der Waals surface area contributed by atoms with Gasteiger partial charge in [-0.05, 0) is 43.5 Å². The Balaban J connectivity index is 2.10. The SMILES string of the molecule is Cn1nccc1CCC(C)(O)c1cccc(Br)c1. The predicted molar refractivity (Wildman–Crippen MR) is 75.2 cm³/mol. The van der Waals surface area contributed by atoms with Crippen LogP contribution in [0.3, 0.4) is 0 Å². The minimum Gasteiger partial charge on any atom is -0.385 e. The molecule has 0 amide bonds. The Hall–Kier alpha value is -1.13. The molecule has 0 aliphatic rings. The van der Waals surface area contributed by atoms with Gasteiger partial charge < -0.3 is 5.11 Å². The number of rotatable bonds is 4. The van der Waals surface area contributed by atoms with Gasteiger partial charge in [0.15, 0.2) is 0 Å². The van der Waals surface area contributed by atoms with Gasteiger partial charge in [-0.2, -0.15) is 5.10 Å². The smallest absolute Gasteiger partial charge is 0.0872 e. The highest BCUT2D eigenvalue weighted by Gasteiger charge is 2.23. The topological polar surface area (TPSA) is 38.0 Å². The summed E-state index contributed by atoms with van der Waals surface area (Å²) >= 11 is 3.43. The largest absolute Gasteiger partial charge is 0.385 e. The van der Waals surface area contributed by atoms with Crippen molar-refractivity contribution >= 4 is 15.9 Å². The van der Waals surface area contributed by atoms with Gasteiger partial charge in [-0.25, -0.2) is 0 Å². The molecule has 3 nitrogen and oxygen atoms in total. The third-order valence-corrected chi connectivity index (χ3v) is 3.73. The summed E-state index contributed by atoms with van der Waals surface area (Å²) in [6, 6.07) is 9.80. The van der Waals surface area contributed by atoms with E-state index < -0.39 is 5.60 Å². The fourth-order valence-electron chi connectivity index (χ4n) is 1.99. The van der Waals surface area contributed by atoms with Gasteiger partial charge in [0.25, 0.3) is 0 Å². The summed E-state index contributed by atoms with van der Waals surface area (Å²) in [6.45, 7) is 1.85. The average molecular weight is 309 g/mol. The van der Waals surface area contributed by atoms with E-state index in [0.29, 0.717) is 6.42 Å². The number of nitrogens with zero attached hydrogens (tertiary/aromatic N) is 2. The maximum absolute atomic E-state index is 10.5. The van der Waals surface area contributed by atoms with Gasteiger partial charge in [-0.15, -0.1) is 0 Å². The van der Waals surface area contributed by atoms with E-state index in [2.05, 4.69) is 21.0 Å². The Morgan fingerprint density at radius 3 is 2.78 bits per heavy atom. The number of aliphatic hydroxyl groups is 1. The number of hydrogen-bond donors (Lipinski definition) is 1. The molecule has 0 fully saturated rings. The Labute approximate surface area is 116 Å². The first-order valence-corrected chi connectivity index (χ1v) is 6.74. The third kappa shape index (κ3) is 3.00. The normalized spacial score (nSPS) is 14.4. The first-order valence-electron chi connectivity index (χ1n) is 5.94. The van der Waals surface area contributed by atoms with Crippen LogP contribution in [0.4, 0.5) is 0 Å². The lowest BCUT2D eigenvalue weighted by Crippen LogP contribution is -2.22. The fraction of sp³-hybridized carbons (Fsp3) is 0.357. The van der Waals surface area contributed by atoms with Gasteiger partial charge in [-0.3, -0.25) is 4.68 Å². The van der Waals surface area contributed by atoms with Crippen molar-refractivity contribution in [2.24, 2.45) is 7.05 Å². The Bertz CT molecular complexity index is 534. The van der Waals surface area contributed by atoms with Crippen molar-refractivity contribution in [3.8, 4) is 0 Å². The first-order chi connectivity index (χ1) is 8.49. The van der Waals surface area contributed by atoms with E-state index in [1.165, 1.54) is 0 Å². The van der Waals surface area contributed by atoms with E-state index in [9.17, 15) is 5.11 Å². The zero-order chi connectivity index (χ0) is 13.2. The summed E-state index contributed by atoms with van der Waals surface area (Å²) in [6.07, 6.45) is 3.25. The van der Waals surface area contributed by atoms with Crippen LogP contribution >= 0.6 is 15.9 Å². The van der Waals surface area contributed by atoms with Gasteiger partial charge >= 0.3 is 0 Å². The second-order valence-electron chi connectivity index (χ2n) is 4.73. The zero-order valence-electron chi connectivity index (χ0n) is 10.6. The molecule has 0 radical (unpaired) electrons. The molecule has 0 aliphatic heterocycles. The summed E-state index contributed by atoms with van der Waals surface area (Å²) in [4.78, 5) is 0. The van der Waals surface area contributed by atoms with Gasteiger partial charge in [0.2, 0.25) is 0 Å². The molecular weight excluding hydrogens is 292 g/mol. The lowest BCUT2D eigenvalue weighted by molar-refractivity contribution is 0.0475. The molecule has 0 bridgehead atoms. The lowest BCUT2D eigenvalue weighted by atomic mass is 9.90. The molecule has 1 aromatic carbocycles. The van der Waals surface area contributed by atoms with Crippen molar-refractivity contribution in [2.75, 3.05) is 0 Å². The molecule has 0 saturated heterocycles. The predicted octanol–water partition coefficient (Wildman–Crippen LogP) is 3.02. The van der Waals surface area contributed by atoms with Crippen molar-refractivity contribution in [1.29, 1.82) is 0 Å². The van der Waals surface area contributed by atoms with Crippen LogP contribution in [0.5, 0.6) is 0 Å². The maximum Gasteiger partial charge on any atom is 0.0872 e. The standard InChI is InChI=1S/C14H17BrN2O/c1-14(18,11-4-3-5-12(15)10-11)8-6-13-7-9-16-17(13)2/h3-5,7,9-10,18H,6,8H2,1-2H3. The Kier molecular flexibility index (Phi) is 3.88. The number of benzene rings is 1. The summed E-state index contributed by atoms with van der Waals surface area (Å²) < 4.78 is 2.83. The van der Waals surface area contributed by atoms with Gasteiger partial charge in [0, 0.05) is 23.4 Å². The van der Waals surface area contributed by atoms with Crippen molar-refractivity contribution in [3.63, 3.8) is 0 Å². The minimum absolute atomic E-state index is 0.670. The van der Waals surface area contributed by atoms with E-state index in [-0.39, 0.29) is 0 Å². The highest BCUT2D eigenvalue weighted by molar-refractivity contribution is 9.10. The average Bonchev–Trinajstić information content (AvgIpc) is 2.72. The third-order valence-electron chi connectivity index (χ3n) is 3.24. The second kappa shape index (κ2) is 5.24. The molecule has 0 aliphatic carbocycles. The van der Waals surface area contributed by atoms with E-state index in [1.54, 1.807) is 6.20 Å². The van der Waals surface area contributed by atoms with Gasteiger partial charge in [0.1, 0.15) is 0 Å². The number of aryl methyl sites for hydroxylation is 2. The van der Waals surface area contributed by atoms with Crippen LogP contribution in [-0.2, 0) is 19.1 Å². The van der Waals surface area contributed by atoms with E-state index in [0.717, 1.165) is 22.2 Å². The number of halogens is 1. The van der Waals surface area contributed by atoms with Crippen LogP contribution < -0.4 is 0 Å². The van der Waals surface area contributed by atoms with Crippen LogP contribution in [0.2, 0.25) is 0 Å². The maximum atomic E-state index is 10.5. The highest BCUT2D eigenvalue weighted by atomic mass is 79.9. The Morgan fingerprint density at radius 1 is 1.39 bits per heavy atom. The molecule has 1 aromatic heterocycles. The summed E-state index contributed by atoms with van der Waals surface area (Å²) in [5, 5.41) is 14.7. The molecule has 0 spiro atoms. The molecule has 18 heavy (non-hydrogen) atoms. The van der Waals surface area contributed by atoms with Crippen LogP contribution in [-0.4, -0.2) is 14.9 Å². The molecule has 1 unspecified atom stereocenters. The monoisotopic (exact) mass is 308 g/mol. The molecule has 96 valence electrons. The zero-order valence-corrected chi connectivity index (χ0v) is 12.2. The quantitative estimate of drug-likeness (QED) is 0.943. The minimum atomic E-state index is -0.825. The van der Waals surface area contributed by atoms with Crippen LogP contribution in [0, 0.1) is 0 Å². The van der Waals surface area contributed by atoms with Gasteiger partial charge in [-0.1, -0.05) is 28.1 Å².